The van der Waals surface area contributed by atoms with Crippen LogP contribution in [0, 0.1) is 0 Å². The minimum absolute atomic E-state index is 0. The zero-order valence-electron chi connectivity index (χ0n) is 29.3. The molecule has 0 amide bonds. The first-order chi connectivity index (χ1) is 24.0. The van der Waals surface area contributed by atoms with Crippen molar-refractivity contribution in [3.63, 3.8) is 0 Å². The van der Waals surface area contributed by atoms with Crippen molar-refractivity contribution in [3.05, 3.63) is 173 Å². The number of rotatable bonds is 8. The quantitative estimate of drug-likeness (QED) is 0.169. The Morgan fingerprint density at radius 2 is 1.00 bits per heavy atom. The van der Waals surface area contributed by atoms with Crippen LogP contribution in [0.3, 0.4) is 0 Å². The number of aliphatic hydroxyl groups excluding tert-OH is 2. The predicted octanol–water partition coefficient (Wildman–Crippen LogP) is 10.3. The molecule has 1 aliphatic rings. The van der Waals surface area contributed by atoms with Gasteiger partial charge < -0.3 is 19.7 Å². The lowest BCUT2D eigenvalue weighted by Crippen LogP contribution is -2.22. The summed E-state index contributed by atoms with van der Waals surface area (Å²) in [6, 6.07) is 51.2. The van der Waals surface area contributed by atoms with Gasteiger partial charge in [-0.05, 0) is 87.7 Å². The van der Waals surface area contributed by atoms with E-state index in [1.54, 1.807) is 7.11 Å². The van der Waals surface area contributed by atoms with Crippen LogP contribution in [0.25, 0.3) is 21.9 Å². The fraction of sp³-hybridized carbons (Fsp3) is 0.261. The normalized spacial score (nSPS) is 11.6. The van der Waals surface area contributed by atoms with Gasteiger partial charge in [0.1, 0.15) is 12.4 Å². The maximum Gasteiger partial charge on any atom is 0.120 e. The molecule has 1 aliphatic carbocycles. The van der Waals surface area contributed by atoms with Crippen molar-refractivity contribution < 1.29 is 19.7 Å². The first-order valence-corrected chi connectivity index (χ1v) is 17.1. The molecule has 0 radical (unpaired) electrons. The van der Waals surface area contributed by atoms with E-state index in [4.69, 9.17) is 14.9 Å². The summed E-state index contributed by atoms with van der Waals surface area (Å²) < 4.78 is 10.00. The molecular weight excluding hydrogens is 617 g/mol. The Labute approximate surface area is 300 Å². The van der Waals surface area contributed by atoms with E-state index < -0.39 is 0 Å². The second kappa shape index (κ2) is 20.7. The molecule has 0 fully saturated rings. The summed E-state index contributed by atoms with van der Waals surface area (Å²) in [5.74, 6) is 0.789. The summed E-state index contributed by atoms with van der Waals surface area (Å²) in [5.41, 5.74) is 9.31. The van der Waals surface area contributed by atoms with E-state index in [0.717, 1.165) is 24.0 Å². The standard InChI is InChI=1S/C26H22O2.2C8H10.C3H8O2.CH4/c1-26(24-8-4-2-6-22(24)23-7-3-5-9-25(23)26)20-12-10-19-17-21(28-15-14-27)13-11-18(19)16-20;2*1-2-8-6-4-3-5-7-8;1-5-3-2-4;/h2-13,16-17,27H,14-15H2,1H3;2*3-7H,2H2,1H3;4H,2-3H2,1H3;1H4. The summed E-state index contributed by atoms with van der Waals surface area (Å²) in [7, 11) is 1.55. The van der Waals surface area contributed by atoms with Crippen molar-refractivity contribution in [2.45, 2.75) is 46.5 Å². The van der Waals surface area contributed by atoms with E-state index in [-0.39, 0.29) is 26.1 Å². The first kappa shape index (κ1) is 39.7. The molecule has 0 aromatic heterocycles. The SMILES string of the molecule is C.CC1(c2ccc3cc(OCCO)ccc3c2)c2ccccc2-c2ccccc21.CCc1ccccc1.CCc1ccccc1.COCCO. The van der Waals surface area contributed by atoms with Crippen LogP contribution >= 0.6 is 0 Å². The lowest BCUT2D eigenvalue weighted by atomic mass is 9.74. The van der Waals surface area contributed by atoms with Crippen molar-refractivity contribution in [1.82, 2.24) is 0 Å². The Morgan fingerprint density at radius 3 is 1.44 bits per heavy atom. The van der Waals surface area contributed by atoms with Crippen LogP contribution in [-0.4, -0.2) is 43.8 Å². The van der Waals surface area contributed by atoms with Gasteiger partial charge in [0.25, 0.3) is 0 Å². The molecule has 6 aromatic carbocycles. The minimum atomic E-state index is -0.173. The highest BCUT2D eigenvalue weighted by Gasteiger charge is 2.40. The number of methoxy groups -OCH3 is 1. The molecule has 0 saturated heterocycles. The van der Waals surface area contributed by atoms with Crippen molar-refractivity contribution in [2.75, 3.05) is 33.5 Å². The summed E-state index contributed by atoms with van der Waals surface area (Å²) in [5, 5.41) is 19.2. The molecule has 0 atom stereocenters. The summed E-state index contributed by atoms with van der Waals surface area (Å²) in [6.45, 7) is 7.56. The molecule has 0 heterocycles. The third kappa shape index (κ3) is 10.1. The summed E-state index contributed by atoms with van der Waals surface area (Å²) >= 11 is 0. The van der Waals surface area contributed by atoms with Crippen LogP contribution in [-0.2, 0) is 23.0 Å². The molecule has 0 spiro atoms. The number of hydrogen-bond acceptors (Lipinski definition) is 4. The molecule has 0 unspecified atom stereocenters. The molecule has 0 saturated carbocycles. The number of hydrogen-bond donors (Lipinski definition) is 2. The molecule has 2 N–H and O–H groups in total. The number of ether oxygens (including phenoxy) is 2. The number of aryl methyl sites for hydroxylation is 2. The fourth-order valence-electron chi connectivity index (χ4n) is 6.07. The average Bonchev–Trinajstić information content (AvgIpc) is 3.44. The van der Waals surface area contributed by atoms with Crippen molar-refractivity contribution in [3.8, 4) is 16.9 Å². The van der Waals surface area contributed by atoms with Gasteiger partial charge in [-0.25, -0.2) is 0 Å². The Balaban J connectivity index is 0.000000250. The Kier molecular flexibility index (Phi) is 16.4. The molecule has 262 valence electrons. The maximum atomic E-state index is 8.96. The summed E-state index contributed by atoms with van der Waals surface area (Å²) in [4.78, 5) is 0. The van der Waals surface area contributed by atoms with Gasteiger partial charge in [-0.2, -0.15) is 0 Å². The monoisotopic (exact) mass is 670 g/mol. The minimum Gasteiger partial charge on any atom is -0.491 e. The molecule has 4 heteroatoms. The molecular formula is C46H54O4. The van der Waals surface area contributed by atoms with E-state index >= 15 is 0 Å². The van der Waals surface area contributed by atoms with Gasteiger partial charge in [-0.3, -0.25) is 0 Å². The lowest BCUT2D eigenvalue weighted by Gasteiger charge is -2.28. The zero-order valence-corrected chi connectivity index (χ0v) is 29.3. The third-order valence-electron chi connectivity index (χ3n) is 8.77. The highest BCUT2D eigenvalue weighted by Crippen LogP contribution is 2.52. The van der Waals surface area contributed by atoms with Gasteiger partial charge in [-0.15, -0.1) is 0 Å². The van der Waals surface area contributed by atoms with Gasteiger partial charge in [-0.1, -0.05) is 149 Å². The number of fused-ring (bicyclic) bond motifs is 4. The third-order valence-corrected chi connectivity index (χ3v) is 8.77. The van der Waals surface area contributed by atoms with Gasteiger partial charge in [0.15, 0.2) is 0 Å². The van der Waals surface area contributed by atoms with E-state index in [2.05, 4.69) is 147 Å². The zero-order chi connectivity index (χ0) is 34.9. The molecule has 4 nitrogen and oxygen atoms in total. The largest absolute Gasteiger partial charge is 0.491 e. The highest BCUT2D eigenvalue weighted by atomic mass is 16.5. The second-order valence-corrected chi connectivity index (χ2v) is 11.9. The van der Waals surface area contributed by atoms with Crippen LogP contribution in [0.5, 0.6) is 5.75 Å². The van der Waals surface area contributed by atoms with Crippen LogP contribution in [0.4, 0.5) is 0 Å². The number of aliphatic hydroxyl groups is 2. The van der Waals surface area contributed by atoms with Crippen LogP contribution in [0.15, 0.2) is 146 Å². The van der Waals surface area contributed by atoms with Gasteiger partial charge in [0.2, 0.25) is 0 Å². The smallest absolute Gasteiger partial charge is 0.120 e. The van der Waals surface area contributed by atoms with E-state index in [9.17, 15) is 0 Å². The Bertz CT molecular complexity index is 1750. The van der Waals surface area contributed by atoms with Crippen molar-refractivity contribution in [2.24, 2.45) is 0 Å². The van der Waals surface area contributed by atoms with Crippen LogP contribution in [0.2, 0.25) is 0 Å². The molecule has 7 rings (SSSR count). The van der Waals surface area contributed by atoms with Crippen molar-refractivity contribution >= 4 is 10.8 Å². The van der Waals surface area contributed by atoms with Gasteiger partial charge in [0, 0.05) is 12.5 Å². The Hall–Kier alpha value is -4.74. The van der Waals surface area contributed by atoms with Crippen LogP contribution in [0.1, 0.15) is 56.0 Å². The molecule has 50 heavy (non-hydrogen) atoms. The maximum absolute atomic E-state index is 8.96. The lowest BCUT2D eigenvalue weighted by molar-refractivity contribution is 0.135. The second-order valence-electron chi connectivity index (χ2n) is 11.9. The Morgan fingerprint density at radius 1 is 0.540 bits per heavy atom. The first-order valence-electron chi connectivity index (χ1n) is 17.1. The summed E-state index contributed by atoms with van der Waals surface area (Å²) in [6.07, 6.45) is 2.28. The average molecular weight is 671 g/mol. The van der Waals surface area contributed by atoms with Gasteiger partial charge >= 0.3 is 0 Å². The van der Waals surface area contributed by atoms with Gasteiger partial charge in [0.05, 0.1) is 19.8 Å². The van der Waals surface area contributed by atoms with Crippen molar-refractivity contribution in [1.29, 1.82) is 0 Å². The molecule has 0 bridgehead atoms. The molecule has 6 aromatic rings. The van der Waals surface area contributed by atoms with E-state index in [1.807, 2.05) is 24.3 Å². The highest BCUT2D eigenvalue weighted by molar-refractivity contribution is 5.88. The predicted molar refractivity (Wildman–Crippen MR) is 211 cm³/mol. The molecule has 0 aliphatic heterocycles. The topological polar surface area (TPSA) is 58.9 Å². The number of benzene rings is 6. The fourth-order valence-corrected chi connectivity index (χ4v) is 6.07. The van der Waals surface area contributed by atoms with E-state index in [1.165, 1.54) is 44.3 Å². The van der Waals surface area contributed by atoms with Crippen LogP contribution < -0.4 is 4.74 Å². The van der Waals surface area contributed by atoms with E-state index in [0.29, 0.717) is 13.2 Å².